The fourth-order valence-corrected chi connectivity index (χ4v) is 4.86. The van der Waals surface area contributed by atoms with Crippen LogP contribution in [0.4, 0.5) is 0 Å². The Balaban J connectivity index is 1.35. The smallest absolute Gasteiger partial charge is 0.254 e. The lowest BCUT2D eigenvalue weighted by Gasteiger charge is -2.31. The molecule has 27 heavy (non-hydrogen) atoms. The first-order valence-electron chi connectivity index (χ1n) is 9.40. The van der Waals surface area contributed by atoms with Crippen LogP contribution >= 0.6 is 11.3 Å². The van der Waals surface area contributed by atoms with E-state index < -0.39 is 0 Å². The molecule has 2 aliphatic heterocycles. The lowest BCUT2D eigenvalue weighted by molar-refractivity contribution is 0.0674. The fraction of sp³-hybridized carbons (Fsp3) is 0.333. The molecule has 2 aromatic carbocycles. The molecule has 0 saturated carbocycles. The number of carbonyl (C=O) groups is 1. The minimum atomic E-state index is 0.129. The molecule has 5 rings (SSSR count). The molecule has 1 amide bonds. The molecule has 0 aliphatic carbocycles. The van der Waals surface area contributed by atoms with Gasteiger partial charge in [-0.05, 0) is 43.7 Å². The van der Waals surface area contributed by atoms with Crippen molar-refractivity contribution in [2.45, 2.75) is 32.0 Å². The third-order valence-electron chi connectivity index (χ3n) is 5.35. The molecule has 5 nitrogen and oxygen atoms in total. The van der Waals surface area contributed by atoms with Gasteiger partial charge in [-0.1, -0.05) is 18.2 Å². The van der Waals surface area contributed by atoms with Crippen molar-refractivity contribution in [2.75, 3.05) is 13.1 Å². The van der Waals surface area contributed by atoms with E-state index in [-0.39, 0.29) is 11.9 Å². The number of nitrogens with one attached hydrogen (secondary N) is 1. The van der Waals surface area contributed by atoms with Gasteiger partial charge in [0, 0.05) is 23.7 Å². The van der Waals surface area contributed by atoms with Crippen molar-refractivity contribution in [1.29, 1.82) is 0 Å². The summed E-state index contributed by atoms with van der Waals surface area (Å²) in [6.07, 6.45) is 2.18. The molecule has 0 bridgehead atoms. The van der Waals surface area contributed by atoms with E-state index in [4.69, 9.17) is 4.74 Å². The van der Waals surface area contributed by atoms with Gasteiger partial charge >= 0.3 is 0 Å². The van der Waals surface area contributed by atoms with Crippen LogP contribution in [0.3, 0.4) is 0 Å². The largest absolute Gasteiger partial charge is 0.486 e. The molecule has 2 aliphatic rings. The zero-order chi connectivity index (χ0) is 18.2. The van der Waals surface area contributed by atoms with Crippen LogP contribution in [0.15, 0.2) is 42.5 Å². The average molecular weight is 379 g/mol. The van der Waals surface area contributed by atoms with Gasteiger partial charge in [-0.15, -0.1) is 11.3 Å². The number of nitrogens with zero attached hydrogens (tertiary/aromatic N) is 2. The molecule has 1 fully saturated rings. The quantitative estimate of drug-likeness (QED) is 0.753. The summed E-state index contributed by atoms with van der Waals surface area (Å²) in [5, 5.41) is 4.35. The first-order valence-corrected chi connectivity index (χ1v) is 10.2. The number of thiazole rings is 1. The Kier molecular flexibility index (Phi) is 4.30. The number of para-hydroxylation sites is 1. The third kappa shape index (κ3) is 3.09. The number of hydrogen-bond acceptors (Lipinski definition) is 5. The highest BCUT2D eigenvalue weighted by molar-refractivity contribution is 7.18. The van der Waals surface area contributed by atoms with Crippen LogP contribution in [0.5, 0.6) is 5.75 Å². The molecule has 6 heteroatoms. The molecule has 1 atom stereocenters. The number of rotatable bonds is 4. The standard InChI is InChI=1S/C21H21N3O2S/c25-21-15-6-3-8-18(16(15)12-24(21)14-5-4-10-22-11-14)26-13-20-23-17-7-1-2-9-19(17)27-20/h1-3,6-9,14,22H,4-5,10-13H2. The highest BCUT2D eigenvalue weighted by atomic mass is 32.1. The molecule has 1 unspecified atom stereocenters. The Bertz CT molecular complexity index is 961. The van der Waals surface area contributed by atoms with Gasteiger partial charge in [0.15, 0.2) is 0 Å². The summed E-state index contributed by atoms with van der Waals surface area (Å²) in [6.45, 7) is 2.98. The number of benzene rings is 2. The normalized spacial score (nSPS) is 19.5. The number of amides is 1. The van der Waals surface area contributed by atoms with Crippen molar-refractivity contribution in [3.05, 3.63) is 58.6 Å². The van der Waals surface area contributed by atoms with E-state index in [1.165, 1.54) is 4.70 Å². The first-order chi connectivity index (χ1) is 13.3. The zero-order valence-electron chi connectivity index (χ0n) is 15.0. The van der Waals surface area contributed by atoms with Gasteiger partial charge in [0.1, 0.15) is 17.4 Å². The second-order valence-corrected chi connectivity index (χ2v) is 8.19. The SMILES string of the molecule is O=C1c2cccc(OCc3nc4ccccc4s3)c2CN1C1CCCNC1. The maximum absolute atomic E-state index is 12.9. The van der Waals surface area contributed by atoms with E-state index in [0.29, 0.717) is 13.2 Å². The Hall–Kier alpha value is -2.44. The number of fused-ring (bicyclic) bond motifs is 2. The molecule has 0 spiro atoms. The fourth-order valence-electron chi connectivity index (χ4n) is 3.98. The Morgan fingerprint density at radius 1 is 1.22 bits per heavy atom. The maximum atomic E-state index is 12.9. The van der Waals surface area contributed by atoms with Gasteiger partial charge < -0.3 is 15.0 Å². The minimum Gasteiger partial charge on any atom is -0.486 e. The topological polar surface area (TPSA) is 54.5 Å². The first kappa shape index (κ1) is 16.7. The van der Waals surface area contributed by atoms with Gasteiger partial charge in [-0.3, -0.25) is 4.79 Å². The number of piperidine rings is 1. The molecule has 0 radical (unpaired) electrons. The van der Waals surface area contributed by atoms with Crippen molar-refractivity contribution in [2.24, 2.45) is 0 Å². The predicted molar refractivity (Wildman–Crippen MR) is 106 cm³/mol. The van der Waals surface area contributed by atoms with Crippen LogP contribution in [0.25, 0.3) is 10.2 Å². The summed E-state index contributed by atoms with van der Waals surface area (Å²) in [5.74, 6) is 0.926. The summed E-state index contributed by atoms with van der Waals surface area (Å²) in [6, 6.07) is 14.2. The molecule has 138 valence electrons. The number of hydrogen-bond donors (Lipinski definition) is 1. The maximum Gasteiger partial charge on any atom is 0.254 e. The van der Waals surface area contributed by atoms with E-state index in [1.54, 1.807) is 11.3 Å². The van der Waals surface area contributed by atoms with Crippen LogP contribution in [-0.4, -0.2) is 34.9 Å². The van der Waals surface area contributed by atoms with Gasteiger partial charge in [0.05, 0.1) is 16.8 Å². The van der Waals surface area contributed by atoms with Gasteiger partial charge in [0.2, 0.25) is 0 Å². The van der Waals surface area contributed by atoms with Crippen LogP contribution in [0.2, 0.25) is 0 Å². The molecular formula is C21H21N3O2S. The highest BCUT2D eigenvalue weighted by Crippen LogP contribution is 2.34. The van der Waals surface area contributed by atoms with Gasteiger partial charge in [-0.2, -0.15) is 0 Å². The molecule has 3 heterocycles. The molecule has 1 aromatic heterocycles. The second-order valence-electron chi connectivity index (χ2n) is 7.08. The van der Waals surface area contributed by atoms with Crippen LogP contribution in [0.1, 0.15) is 33.8 Å². The van der Waals surface area contributed by atoms with Crippen LogP contribution in [-0.2, 0) is 13.2 Å². The van der Waals surface area contributed by atoms with E-state index in [0.717, 1.165) is 53.3 Å². The van der Waals surface area contributed by atoms with E-state index in [2.05, 4.69) is 16.4 Å². The summed E-state index contributed by atoms with van der Waals surface area (Å²) in [4.78, 5) is 19.5. The van der Waals surface area contributed by atoms with Crippen LogP contribution in [0, 0.1) is 0 Å². The zero-order valence-corrected chi connectivity index (χ0v) is 15.8. The second kappa shape index (κ2) is 6.94. The van der Waals surface area contributed by atoms with E-state index in [9.17, 15) is 4.79 Å². The summed E-state index contributed by atoms with van der Waals surface area (Å²) in [7, 11) is 0. The molecule has 1 saturated heterocycles. The molecule has 3 aromatic rings. The minimum absolute atomic E-state index is 0.129. The van der Waals surface area contributed by atoms with Crippen molar-refractivity contribution >= 4 is 27.5 Å². The molecule has 1 N–H and O–H groups in total. The summed E-state index contributed by atoms with van der Waals surface area (Å²) >= 11 is 1.65. The lowest BCUT2D eigenvalue weighted by atomic mass is 10.1. The van der Waals surface area contributed by atoms with Crippen molar-refractivity contribution < 1.29 is 9.53 Å². The van der Waals surface area contributed by atoms with Crippen molar-refractivity contribution in [3.63, 3.8) is 0 Å². The van der Waals surface area contributed by atoms with Crippen molar-refractivity contribution in [3.8, 4) is 5.75 Å². The Morgan fingerprint density at radius 2 is 2.15 bits per heavy atom. The predicted octanol–water partition coefficient (Wildman–Crippen LogP) is 3.58. The Morgan fingerprint density at radius 3 is 3.00 bits per heavy atom. The van der Waals surface area contributed by atoms with E-state index >= 15 is 0 Å². The van der Waals surface area contributed by atoms with Gasteiger partial charge in [0.25, 0.3) is 5.91 Å². The van der Waals surface area contributed by atoms with Gasteiger partial charge in [-0.25, -0.2) is 4.98 Å². The van der Waals surface area contributed by atoms with Crippen molar-refractivity contribution in [1.82, 2.24) is 15.2 Å². The average Bonchev–Trinajstić information content (AvgIpc) is 3.28. The number of aromatic nitrogens is 1. The summed E-state index contributed by atoms with van der Waals surface area (Å²) < 4.78 is 7.27. The number of ether oxygens (including phenoxy) is 1. The van der Waals surface area contributed by atoms with Crippen LogP contribution < -0.4 is 10.1 Å². The summed E-state index contributed by atoms with van der Waals surface area (Å²) in [5.41, 5.74) is 2.79. The lowest BCUT2D eigenvalue weighted by Crippen LogP contribution is -2.46. The third-order valence-corrected chi connectivity index (χ3v) is 6.36. The highest BCUT2D eigenvalue weighted by Gasteiger charge is 2.35. The molecular weight excluding hydrogens is 358 g/mol. The number of carbonyl (C=O) groups excluding carboxylic acids is 1. The van der Waals surface area contributed by atoms with E-state index in [1.807, 2.05) is 41.3 Å². The monoisotopic (exact) mass is 379 g/mol. The Labute approximate surface area is 162 Å².